The van der Waals surface area contributed by atoms with Crippen molar-refractivity contribution in [2.75, 3.05) is 18.6 Å². The Bertz CT molecular complexity index is 935. The summed E-state index contributed by atoms with van der Waals surface area (Å²) >= 11 is 0. The summed E-state index contributed by atoms with van der Waals surface area (Å²) in [5, 5.41) is 9.79. The molecular weight excluding hydrogens is 322 g/mol. The standard InChI is InChI=1S/C17H17N5O3/c1-25-11-2-3-14-12(6-11)13-9-22(5-4-15(13)20-14)17-18-7-10(8-19-17)16(23)21-24/h2-3,6-8,20,24H,4-5,9H2,1H3,(H,21,23). The zero-order valence-corrected chi connectivity index (χ0v) is 13.6. The summed E-state index contributed by atoms with van der Waals surface area (Å²) < 4.78 is 5.33. The summed E-state index contributed by atoms with van der Waals surface area (Å²) in [7, 11) is 1.66. The van der Waals surface area contributed by atoms with Gasteiger partial charge in [-0.3, -0.25) is 10.0 Å². The van der Waals surface area contributed by atoms with Crippen molar-refractivity contribution in [2.24, 2.45) is 0 Å². The highest BCUT2D eigenvalue weighted by Gasteiger charge is 2.23. The van der Waals surface area contributed by atoms with Gasteiger partial charge in [-0.25, -0.2) is 15.4 Å². The summed E-state index contributed by atoms with van der Waals surface area (Å²) in [5.41, 5.74) is 5.30. The van der Waals surface area contributed by atoms with Crippen LogP contribution in [0, 0.1) is 0 Å². The lowest BCUT2D eigenvalue weighted by molar-refractivity contribution is 0.0705. The number of benzene rings is 1. The van der Waals surface area contributed by atoms with Crippen LogP contribution in [0.25, 0.3) is 10.9 Å². The van der Waals surface area contributed by atoms with Crippen LogP contribution in [0.1, 0.15) is 21.6 Å². The van der Waals surface area contributed by atoms with Crippen LogP contribution in [-0.2, 0) is 13.0 Å². The largest absolute Gasteiger partial charge is 0.497 e. The molecule has 0 atom stereocenters. The van der Waals surface area contributed by atoms with E-state index in [1.165, 1.54) is 23.7 Å². The molecule has 0 fully saturated rings. The Hall–Kier alpha value is -3.13. The Morgan fingerprint density at radius 1 is 1.36 bits per heavy atom. The van der Waals surface area contributed by atoms with Gasteiger partial charge in [0.15, 0.2) is 0 Å². The Kier molecular flexibility index (Phi) is 3.73. The molecule has 2 aromatic heterocycles. The van der Waals surface area contributed by atoms with Crippen molar-refractivity contribution in [3.8, 4) is 5.75 Å². The SMILES string of the molecule is COc1ccc2[nH]c3c(c2c1)CN(c1ncc(C(=O)NO)cn1)CC3. The Labute approximate surface area is 143 Å². The van der Waals surface area contributed by atoms with Crippen molar-refractivity contribution in [2.45, 2.75) is 13.0 Å². The number of hydrogen-bond acceptors (Lipinski definition) is 6. The fourth-order valence-electron chi connectivity index (χ4n) is 3.16. The number of H-pyrrole nitrogens is 1. The third kappa shape index (κ3) is 2.66. The number of aromatic nitrogens is 3. The molecule has 3 N–H and O–H groups in total. The Balaban J connectivity index is 1.64. The number of carbonyl (C=O) groups excluding carboxylic acids is 1. The van der Waals surface area contributed by atoms with Gasteiger partial charge >= 0.3 is 0 Å². The summed E-state index contributed by atoms with van der Waals surface area (Å²) in [6, 6.07) is 6.00. The first-order valence-electron chi connectivity index (χ1n) is 7.88. The molecule has 0 bridgehead atoms. The number of fused-ring (bicyclic) bond motifs is 3. The molecular formula is C17H17N5O3. The van der Waals surface area contributed by atoms with E-state index in [0.717, 1.165) is 29.6 Å². The highest BCUT2D eigenvalue weighted by molar-refractivity contribution is 5.92. The molecule has 0 spiro atoms. The number of methoxy groups -OCH3 is 1. The molecule has 0 saturated carbocycles. The van der Waals surface area contributed by atoms with Gasteiger partial charge < -0.3 is 14.6 Å². The van der Waals surface area contributed by atoms with Crippen molar-refractivity contribution in [3.63, 3.8) is 0 Å². The normalized spacial score (nSPS) is 13.6. The number of hydroxylamine groups is 1. The van der Waals surface area contributed by atoms with Crippen molar-refractivity contribution < 1.29 is 14.7 Å². The van der Waals surface area contributed by atoms with Crippen LogP contribution in [0.15, 0.2) is 30.6 Å². The van der Waals surface area contributed by atoms with Gasteiger partial charge in [0.05, 0.1) is 12.7 Å². The van der Waals surface area contributed by atoms with Crippen LogP contribution < -0.4 is 15.1 Å². The second-order valence-corrected chi connectivity index (χ2v) is 5.88. The molecule has 0 aliphatic carbocycles. The minimum atomic E-state index is -0.629. The summed E-state index contributed by atoms with van der Waals surface area (Å²) in [6.45, 7) is 1.45. The van der Waals surface area contributed by atoms with Crippen molar-refractivity contribution >= 4 is 22.8 Å². The second-order valence-electron chi connectivity index (χ2n) is 5.88. The van der Waals surface area contributed by atoms with E-state index in [2.05, 4.69) is 19.9 Å². The van der Waals surface area contributed by atoms with Gasteiger partial charge in [0.1, 0.15) is 5.75 Å². The first kappa shape index (κ1) is 15.4. The number of aromatic amines is 1. The van der Waals surface area contributed by atoms with Crippen LogP contribution in [0.5, 0.6) is 5.75 Å². The number of nitrogens with one attached hydrogen (secondary N) is 2. The quantitative estimate of drug-likeness (QED) is 0.495. The molecule has 4 rings (SSSR count). The zero-order valence-electron chi connectivity index (χ0n) is 13.6. The Morgan fingerprint density at radius 3 is 2.88 bits per heavy atom. The highest BCUT2D eigenvalue weighted by atomic mass is 16.5. The van der Waals surface area contributed by atoms with Gasteiger partial charge in [-0.05, 0) is 18.2 Å². The van der Waals surface area contributed by atoms with E-state index in [1.807, 2.05) is 18.2 Å². The number of hydrogen-bond donors (Lipinski definition) is 3. The maximum absolute atomic E-state index is 11.4. The van der Waals surface area contributed by atoms with Crippen LogP contribution in [-0.4, -0.2) is 39.7 Å². The number of rotatable bonds is 3. The molecule has 1 amide bonds. The first-order chi connectivity index (χ1) is 12.2. The smallest absolute Gasteiger partial charge is 0.277 e. The number of anilines is 1. The average Bonchev–Trinajstić information content (AvgIpc) is 3.04. The monoisotopic (exact) mass is 339 g/mol. The van der Waals surface area contributed by atoms with Gasteiger partial charge in [0, 0.05) is 54.1 Å². The average molecular weight is 339 g/mol. The number of amides is 1. The third-order valence-electron chi connectivity index (χ3n) is 4.47. The maximum atomic E-state index is 11.4. The van der Waals surface area contributed by atoms with E-state index < -0.39 is 5.91 Å². The fourth-order valence-corrected chi connectivity index (χ4v) is 3.16. The number of nitrogens with zero attached hydrogens (tertiary/aromatic N) is 3. The van der Waals surface area contributed by atoms with E-state index in [-0.39, 0.29) is 5.56 Å². The lowest BCUT2D eigenvalue weighted by Gasteiger charge is -2.27. The minimum absolute atomic E-state index is 0.209. The van der Waals surface area contributed by atoms with E-state index in [1.54, 1.807) is 12.6 Å². The van der Waals surface area contributed by atoms with Crippen LogP contribution >= 0.6 is 0 Å². The minimum Gasteiger partial charge on any atom is -0.497 e. The van der Waals surface area contributed by atoms with E-state index in [0.29, 0.717) is 12.5 Å². The van der Waals surface area contributed by atoms with Crippen molar-refractivity contribution in [3.05, 3.63) is 47.4 Å². The fraction of sp³-hybridized carbons (Fsp3) is 0.235. The molecule has 1 aromatic carbocycles. The van der Waals surface area contributed by atoms with Gasteiger partial charge in [0.2, 0.25) is 5.95 Å². The highest BCUT2D eigenvalue weighted by Crippen LogP contribution is 2.31. The molecule has 25 heavy (non-hydrogen) atoms. The third-order valence-corrected chi connectivity index (χ3v) is 4.47. The molecule has 128 valence electrons. The van der Waals surface area contributed by atoms with Crippen LogP contribution in [0.3, 0.4) is 0 Å². The Morgan fingerprint density at radius 2 is 2.16 bits per heavy atom. The summed E-state index contributed by atoms with van der Waals surface area (Å²) in [4.78, 5) is 25.4. The van der Waals surface area contributed by atoms with E-state index in [4.69, 9.17) is 9.94 Å². The second kappa shape index (κ2) is 6.06. The maximum Gasteiger partial charge on any atom is 0.277 e. The van der Waals surface area contributed by atoms with Crippen molar-refractivity contribution in [1.29, 1.82) is 0 Å². The van der Waals surface area contributed by atoms with Gasteiger partial charge in [-0.1, -0.05) is 0 Å². The molecule has 3 aromatic rings. The van der Waals surface area contributed by atoms with Gasteiger partial charge in [-0.15, -0.1) is 0 Å². The topological polar surface area (TPSA) is 103 Å². The predicted molar refractivity (Wildman–Crippen MR) is 90.9 cm³/mol. The van der Waals surface area contributed by atoms with Crippen LogP contribution in [0.4, 0.5) is 5.95 Å². The molecule has 0 radical (unpaired) electrons. The molecule has 8 nitrogen and oxygen atoms in total. The molecule has 8 heteroatoms. The summed E-state index contributed by atoms with van der Waals surface area (Å²) in [6.07, 6.45) is 3.66. The van der Waals surface area contributed by atoms with E-state index >= 15 is 0 Å². The zero-order chi connectivity index (χ0) is 17.4. The lowest BCUT2D eigenvalue weighted by Crippen LogP contribution is -2.31. The molecule has 0 saturated heterocycles. The van der Waals surface area contributed by atoms with E-state index in [9.17, 15) is 4.79 Å². The number of ether oxygens (including phenoxy) is 1. The summed E-state index contributed by atoms with van der Waals surface area (Å²) in [5.74, 6) is 0.746. The lowest BCUT2D eigenvalue weighted by atomic mass is 10.0. The van der Waals surface area contributed by atoms with Crippen LogP contribution in [0.2, 0.25) is 0 Å². The first-order valence-corrected chi connectivity index (χ1v) is 7.88. The predicted octanol–water partition coefficient (Wildman–Crippen LogP) is 1.65. The number of carbonyl (C=O) groups is 1. The molecule has 3 heterocycles. The molecule has 1 aliphatic heterocycles. The van der Waals surface area contributed by atoms with Gasteiger partial charge in [0.25, 0.3) is 5.91 Å². The molecule has 1 aliphatic rings. The van der Waals surface area contributed by atoms with Crippen molar-refractivity contribution in [1.82, 2.24) is 20.4 Å². The molecule has 0 unspecified atom stereocenters. The van der Waals surface area contributed by atoms with Gasteiger partial charge in [-0.2, -0.15) is 0 Å².